The number of benzene rings is 2. The molecule has 5 nitrogen and oxygen atoms in total. The van der Waals surface area contributed by atoms with Gasteiger partial charge in [0.05, 0.1) is 31.1 Å². The van der Waals surface area contributed by atoms with Crippen molar-refractivity contribution in [3.05, 3.63) is 71.3 Å². The van der Waals surface area contributed by atoms with Crippen molar-refractivity contribution in [2.24, 2.45) is 11.8 Å². The second-order valence-electron chi connectivity index (χ2n) is 8.42. The summed E-state index contributed by atoms with van der Waals surface area (Å²) in [7, 11) is 0. The van der Waals surface area contributed by atoms with E-state index in [1.165, 1.54) is 4.90 Å². The second kappa shape index (κ2) is 9.11. The first kappa shape index (κ1) is 20.8. The maximum atomic E-state index is 12.7. The van der Waals surface area contributed by atoms with Crippen molar-refractivity contribution in [3.63, 3.8) is 0 Å². The summed E-state index contributed by atoms with van der Waals surface area (Å²) in [6.07, 6.45) is 2.30. The Kier molecular flexibility index (Phi) is 6.30. The molecule has 4 atom stereocenters. The van der Waals surface area contributed by atoms with Gasteiger partial charge in [0.15, 0.2) is 0 Å². The fraction of sp³-hybridized carbons (Fsp3) is 0.440. The van der Waals surface area contributed by atoms with Crippen molar-refractivity contribution >= 4 is 11.8 Å². The van der Waals surface area contributed by atoms with Gasteiger partial charge in [0.25, 0.3) is 0 Å². The largest absolute Gasteiger partial charge is 0.389 e. The van der Waals surface area contributed by atoms with Crippen molar-refractivity contribution in [2.75, 3.05) is 13.2 Å². The first-order valence-corrected chi connectivity index (χ1v) is 10.8. The zero-order valence-corrected chi connectivity index (χ0v) is 17.4. The van der Waals surface area contributed by atoms with Crippen molar-refractivity contribution in [3.8, 4) is 0 Å². The highest BCUT2D eigenvalue weighted by Gasteiger charge is 2.48. The number of imide groups is 1. The van der Waals surface area contributed by atoms with E-state index in [2.05, 4.69) is 0 Å². The highest BCUT2D eigenvalue weighted by atomic mass is 16.5. The zero-order valence-electron chi connectivity index (χ0n) is 17.4. The van der Waals surface area contributed by atoms with Crippen LogP contribution in [0, 0.1) is 18.8 Å². The number of nitrogens with zero attached hydrogens (tertiary/aromatic N) is 1. The summed E-state index contributed by atoms with van der Waals surface area (Å²) < 4.78 is 6.16. The van der Waals surface area contributed by atoms with Crippen LogP contribution in [0.3, 0.4) is 0 Å². The van der Waals surface area contributed by atoms with Crippen molar-refractivity contribution in [1.29, 1.82) is 0 Å². The molecule has 30 heavy (non-hydrogen) atoms. The van der Waals surface area contributed by atoms with Gasteiger partial charge in [-0.3, -0.25) is 14.5 Å². The standard InChI is InChI=1S/C25H29NO4/c1-17-9-5-6-12-20(17)23(18-10-3-2-4-11-18)30-16-19(27)15-26-24(28)21-13-7-8-14-22(21)25(26)29/h2-6,9-12,19,21-23,27H,7-8,13-16H2,1H3/t19-,21-,22-,23-/m1/s1. The number of aryl methyl sites for hydroxylation is 1. The Balaban J connectivity index is 1.44. The van der Waals surface area contributed by atoms with Crippen LogP contribution in [-0.2, 0) is 14.3 Å². The van der Waals surface area contributed by atoms with Crippen molar-refractivity contribution in [1.82, 2.24) is 4.90 Å². The number of aliphatic hydroxyl groups is 1. The molecule has 158 valence electrons. The van der Waals surface area contributed by atoms with Gasteiger partial charge in [-0.25, -0.2) is 0 Å². The number of likely N-dealkylation sites (tertiary alicyclic amines) is 1. The molecule has 1 aliphatic heterocycles. The Morgan fingerprint density at radius 1 is 0.967 bits per heavy atom. The molecule has 0 aromatic heterocycles. The molecule has 1 saturated heterocycles. The van der Waals surface area contributed by atoms with E-state index in [-0.39, 0.29) is 42.9 Å². The van der Waals surface area contributed by atoms with Crippen molar-refractivity contribution in [2.45, 2.75) is 44.8 Å². The molecular formula is C25H29NO4. The number of amides is 2. The van der Waals surface area contributed by atoms with E-state index < -0.39 is 6.10 Å². The molecule has 2 aromatic rings. The predicted molar refractivity (Wildman–Crippen MR) is 114 cm³/mol. The molecule has 2 amide bonds. The molecule has 1 saturated carbocycles. The maximum absolute atomic E-state index is 12.7. The lowest BCUT2D eigenvalue weighted by atomic mass is 9.81. The Hall–Kier alpha value is -2.50. The summed E-state index contributed by atoms with van der Waals surface area (Å²) in [5.41, 5.74) is 3.14. The number of β-amino-alcohol motifs (C(OH)–C–C–N with tert-alkyl or cyclic N) is 1. The molecule has 0 spiro atoms. The minimum atomic E-state index is -0.923. The number of hydrogen-bond donors (Lipinski definition) is 1. The quantitative estimate of drug-likeness (QED) is 0.712. The third kappa shape index (κ3) is 4.18. The summed E-state index contributed by atoms with van der Waals surface area (Å²) in [4.78, 5) is 26.6. The lowest BCUT2D eigenvalue weighted by Gasteiger charge is -2.24. The average Bonchev–Trinajstić information content (AvgIpc) is 3.01. The Bertz CT molecular complexity index is 873. The maximum Gasteiger partial charge on any atom is 0.233 e. The monoisotopic (exact) mass is 407 g/mol. The van der Waals surface area contributed by atoms with Gasteiger partial charge in [-0.05, 0) is 36.5 Å². The molecule has 0 radical (unpaired) electrons. The van der Waals surface area contributed by atoms with E-state index in [0.29, 0.717) is 0 Å². The zero-order chi connectivity index (χ0) is 21.1. The Morgan fingerprint density at radius 3 is 2.20 bits per heavy atom. The van der Waals surface area contributed by atoms with Crippen LogP contribution in [0.15, 0.2) is 54.6 Å². The summed E-state index contributed by atoms with van der Waals surface area (Å²) in [6.45, 7) is 2.08. The first-order chi connectivity index (χ1) is 14.6. The van der Waals surface area contributed by atoms with E-state index >= 15 is 0 Å². The SMILES string of the molecule is Cc1ccccc1[C@H](OC[C@H](O)CN1C(=O)[C@@H]2CCCC[C@H]2C1=O)c1ccccc1. The van der Waals surface area contributed by atoms with Crippen LogP contribution in [0.1, 0.15) is 48.5 Å². The van der Waals surface area contributed by atoms with Crippen LogP contribution < -0.4 is 0 Å². The van der Waals surface area contributed by atoms with Gasteiger partial charge in [0.2, 0.25) is 11.8 Å². The number of ether oxygens (including phenoxy) is 1. The highest BCUT2D eigenvalue weighted by molar-refractivity contribution is 6.05. The molecule has 2 aromatic carbocycles. The number of aliphatic hydroxyl groups excluding tert-OH is 1. The number of carbonyl (C=O) groups is 2. The fourth-order valence-corrected chi connectivity index (χ4v) is 4.76. The molecule has 5 heteroatoms. The number of carbonyl (C=O) groups excluding carboxylic acids is 2. The van der Waals surface area contributed by atoms with Gasteiger partial charge in [0.1, 0.15) is 6.10 Å². The molecule has 0 bridgehead atoms. The smallest absolute Gasteiger partial charge is 0.233 e. The van der Waals surface area contributed by atoms with E-state index in [4.69, 9.17) is 4.74 Å². The van der Waals surface area contributed by atoms with E-state index in [9.17, 15) is 14.7 Å². The second-order valence-corrected chi connectivity index (χ2v) is 8.42. The molecule has 4 rings (SSSR count). The van der Waals surface area contributed by atoms with Crippen LogP contribution in [0.2, 0.25) is 0 Å². The molecule has 1 aliphatic carbocycles. The topological polar surface area (TPSA) is 66.8 Å². The molecular weight excluding hydrogens is 378 g/mol. The lowest BCUT2D eigenvalue weighted by Crippen LogP contribution is -2.39. The van der Waals surface area contributed by atoms with Crippen LogP contribution in [-0.4, -0.2) is 41.1 Å². The molecule has 2 fully saturated rings. The summed E-state index contributed by atoms with van der Waals surface area (Å²) >= 11 is 0. The number of rotatable bonds is 7. The summed E-state index contributed by atoms with van der Waals surface area (Å²) in [6, 6.07) is 17.9. The van der Waals surface area contributed by atoms with E-state index in [1.807, 2.05) is 61.5 Å². The Morgan fingerprint density at radius 2 is 1.57 bits per heavy atom. The van der Waals surface area contributed by atoms with Gasteiger partial charge >= 0.3 is 0 Å². The third-order valence-corrected chi connectivity index (χ3v) is 6.35. The minimum Gasteiger partial charge on any atom is -0.389 e. The van der Waals surface area contributed by atoms with E-state index in [1.54, 1.807) is 0 Å². The van der Waals surface area contributed by atoms with Crippen molar-refractivity contribution < 1.29 is 19.4 Å². The van der Waals surface area contributed by atoms with Gasteiger partial charge in [-0.15, -0.1) is 0 Å². The first-order valence-electron chi connectivity index (χ1n) is 10.8. The summed E-state index contributed by atoms with van der Waals surface area (Å²) in [5, 5.41) is 10.6. The minimum absolute atomic E-state index is 0.0000514. The summed E-state index contributed by atoms with van der Waals surface area (Å²) in [5.74, 6) is -0.628. The van der Waals surface area contributed by atoms with Gasteiger partial charge in [-0.2, -0.15) is 0 Å². The van der Waals surface area contributed by atoms with Crippen LogP contribution in [0.5, 0.6) is 0 Å². The highest BCUT2D eigenvalue weighted by Crippen LogP contribution is 2.38. The molecule has 1 N–H and O–H groups in total. The van der Waals surface area contributed by atoms with Gasteiger partial charge in [-0.1, -0.05) is 67.4 Å². The third-order valence-electron chi connectivity index (χ3n) is 6.35. The fourth-order valence-electron chi connectivity index (χ4n) is 4.76. The molecule has 1 heterocycles. The number of fused-ring (bicyclic) bond motifs is 1. The number of hydrogen-bond acceptors (Lipinski definition) is 4. The van der Waals surface area contributed by atoms with E-state index in [0.717, 1.165) is 42.4 Å². The Labute approximate surface area is 177 Å². The lowest BCUT2D eigenvalue weighted by molar-refractivity contribution is -0.142. The normalized spacial score (nSPS) is 23.3. The van der Waals surface area contributed by atoms with Crippen LogP contribution >= 0.6 is 0 Å². The van der Waals surface area contributed by atoms with Crippen LogP contribution in [0.25, 0.3) is 0 Å². The average molecular weight is 408 g/mol. The molecule has 0 unspecified atom stereocenters. The predicted octanol–water partition coefficient (Wildman–Crippen LogP) is 3.64. The van der Waals surface area contributed by atoms with Gasteiger partial charge in [0, 0.05) is 0 Å². The van der Waals surface area contributed by atoms with Crippen LogP contribution in [0.4, 0.5) is 0 Å². The molecule has 2 aliphatic rings. The van der Waals surface area contributed by atoms with Gasteiger partial charge < -0.3 is 9.84 Å².